The molecule has 0 bridgehead atoms. The Morgan fingerprint density at radius 1 is 1.27 bits per heavy atom. The van der Waals surface area contributed by atoms with Crippen LogP contribution in [0.15, 0.2) is 42.5 Å². The zero-order valence-electron chi connectivity index (χ0n) is 15.9. The summed E-state index contributed by atoms with van der Waals surface area (Å²) in [5.74, 6) is 0.623. The highest BCUT2D eigenvalue weighted by Crippen LogP contribution is 2.14. The van der Waals surface area contributed by atoms with Gasteiger partial charge in [-0.05, 0) is 43.5 Å². The first-order valence-corrected chi connectivity index (χ1v) is 9.13. The molecule has 5 nitrogen and oxygen atoms in total. The van der Waals surface area contributed by atoms with Gasteiger partial charge in [0, 0.05) is 18.2 Å². The smallest absolute Gasteiger partial charge is 0.475 e. The van der Waals surface area contributed by atoms with Crippen molar-refractivity contribution in [1.29, 1.82) is 0 Å². The SMILES string of the molecule is C=[N+](C(=O)NCCc1cccc(OC(C)CC)n1)c1cccc(CC)c1. The number of ether oxygens (including phenoxy) is 1. The quantitative estimate of drug-likeness (QED) is 0.573. The van der Waals surface area contributed by atoms with Crippen molar-refractivity contribution < 1.29 is 14.1 Å². The number of carbonyl (C=O) groups excluding carboxylic acids is 1. The predicted molar refractivity (Wildman–Crippen MR) is 105 cm³/mol. The van der Waals surface area contributed by atoms with Gasteiger partial charge in [0.05, 0.1) is 19.4 Å². The minimum Gasteiger partial charge on any atom is -0.475 e. The summed E-state index contributed by atoms with van der Waals surface area (Å²) in [6.45, 7) is 10.5. The van der Waals surface area contributed by atoms with Crippen LogP contribution < -0.4 is 10.1 Å². The van der Waals surface area contributed by atoms with Gasteiger partial charge >= 0.3 is 6.03 Å². The number of nitrogens with zero attached hydrogens (tertiary/aromatic N) is 2. The molecule has 1 unspecified atom stereocenters. The molecule has 138 valence electrons. The summed E-state index contributed by atoms with van der Waals surface area (Å²) >= 11 is 0. The van der Waals surface area contributed by atoms with E-state index in [1.54, 1.807) is 0 Å². The minimum atomic E-state index is -0.231. The maximum absolute atomic E-state index is 12.3. The summed E-state index contributed by atoms with van der Waals surface area (Å²) in [6.07, 6.45) is 2.62. The van der Waals surface area contributed by atoms with Crippen LogP contribution in [0.4, 0.5) is 10.5 Å². The summed E-state index contributed by atoms with van der Waals surface area (Å²) < 4.78 is 7.12. The van der Waals surface area contributed by atoms with Gasteiger partial charge in [0.2, 0.25) is 5.88 Å². The molecule has 2 rings (SSSR count). The van der Waals surface area contributed by atoms with Crippen LogP contribution >= 0.6 is 0 Å². The third-order valence-corrected chi connectivity index (χ3v) is 4.21. The van der Waals surface area contributed by atoms with Gasteiger partial charge in [-0.3, -0.25) is 0 Å². The van der Waals surface area contributed by atoms with Crippen LogP contribution in [0.3, 0.4) is 0 Å². The number of pyridine rings is 1. The van der Waals surface area contributed by atoms with Crippen LogP contribution in [0.1, 0.15) is 38.4 Å². The van der Waals surface area contributed by atoms with Crippen molar-refractivity contribution in [2.75, 3.05) is 6.54 Å². The van der Waals surface area contributed by atoms with E-state index >= 15 is 0 Å². The van der Waals surface area contributed by atoms with E-state index in [-0.39, 0.29) is 12.1 Å². The van der Waals surface area contributed by atoms with Crippen molar-refractivity contribution >= 4 is 18.4 Å². The maximum Gasteiger partial charge on any atom is 0.495 e. The maximum atomic E-state index is 12.3. The molecule has 0 saturated carbocycles. The fourth-order valence-corrected chi connectivity index (χ4v) is 2.41. The molecule has 0 radical (unpaired) electrons. The lowest BCUT2D eigenvalue weighted by atomic mass is 10.1. The molecule has 0 aliphatic rings. The molecule has 2 aromatic rings. The molecule has 0 fully saturated rings. The van der Waals surface area contributed by atoms with E-state index in [1.807, 2.05) is 49.4 Å². The van der Waals surface area contributed by atoms with Crippen LogP contribution in [0.25, 0.3) is 0 Å². The lowest BCUT2D eigenvalue weighted by molar-refractivity contribution is -0.323. The lowest BCUT2D eigenvalue weighted by Crippen LogP contribution is -2.31. The first-order valence-electron chi connectivity index (χ1n) is 9.13. The molecule has 1 aromatic heterocycles. The van der Waals surface area contributed by atoms with Gasteiger partial charge in [-0.25, -0.2) is 10.3 Å². The number of aryl methyl sites for hydroxylation is 1. The fraction of sp³-hybridized carbons (Fsp3) is 0.381. The Morgan fingerprint density at radius 2 is 2.04 bits per heavy atom. The van der Waals surface area contributed by atoms with Crippen molar-refractivity contribution in [3.8, 4) is 5.88 Å². The van der Waals surface area contributed by atoms with Gasteiger partial charge < -0.3 is 4.74 Å². The van der Waals surface area contributed by atoms with Crippen molar-refractivity contribution in [1.82, 2.24) is 10.3 Å². The molecular weight excluding hydrogens is 326 g/mol. The third-order valence-electron chi connectivity index (χ3n) is 4.21. The van der Waals surface area contributed by atoms with Gasteiger partial charge in [-0.15, -0.1) is 0 Å². The summed E-state index contributed by atoms with van der Waals surface area (Å²) in [6, 6.07) is 13.3. The Hall–Kier alpha value is -2.69. The largest absolute Gasteiger partial charge is 0.495 e. The van der Waals surface area contributed by atoms with Crippen LogP contribution in [-0.4, -0.2) is 35.0 Å². The van der Waals surface area contributed by atoms with Crippen molar-refractivity contribution in [2.24, 2.45) is 0 Å². The van der Waals surface area contributed by atoms with Crippen molar-refractivity contribution in [2.45, 2.75) is 46.1 Å². The molecule has 26 heavy (non-hydrogen) atoms. The molecule has 0 aliphatic carbocycles. The van der Waals surface area contributed by atoms with E-state index < -0.39 is 0 Å². The Labute approximate surface area is 155 Å². The van der Waals surface area contributed by atoms with E-state index in [4.69, 9.17) is 4.74 Å². The first-order chi connectivity index (χ1) is 12.5. The van der Waals surface area contributed by atoms with Crippen molar-refractivity contribution in [3.05, 3.63) is 53.7 Å². The van der Waals surface area contributed by atoms with Crippen LogP contribution in [0.5, 0.6) is 5.88 Å². The average Bonchev–Trinajstić information content (AvgIpc) is 2.67. The average molecular weight is 354 g/mol. The monoisotopic (exact) mass is 354 g/mol. The number of hydrogen-bond acceptors (Lipinski definition) is 3. The molecule has 5 heteroatoms. The number of rotatable bonds is 8. The highest BCUT2D eigenvalue weighted by atomic mass is 16.5. The van der Waals surface area contributed by atoms with Gasteiger partial charge in [0.25, 0.3) is 0 Å². The molecule has 2 amide bonds. The van der Waals surface area contributed by atoms with Gasteiger partial charge in [-0.1, -0.05) is 32.0 Å². The first kappa shape index (κ1) is 19.6. The highest BCUT2D eigenvalue weighted by molar-refractivity contribution is 5.70. The van der Waals surface area contributed by atoms with Gasteiger partial charge in [-0.2, -0.15) is 9.37 Å². The topological polar surface area (TPSA) is 54.2 Å². The number of carbonyl (C=O) groups is 1. The fourth-order valence-electron chi connectivity index (χ4n) is 2.41. The van der Waals surface area contributed by atoms with Crippen molar-refractivity contribution in [3.63, 3.8) is 0 Å². The second-order valence-electron chi connectivity index (χ2n) is 6.24. The zero-order chi connectivity index (χ0) is 18.9. The van der Waals surface area contributed by atoms with Crippen LogP contribution in [0.2, 0.25) is 0 Å². The van der Waals surface area contributed by atoms with E-state index in [0.29, 0.717) is 18.8 Å². The van der Waals surface area contributed by atoms with Crippen LogP contribution in [-0.2, 0) is 12.8 Å². The number of benzene rings is 1. The zero-order valence-corrected chi connectivity index (χ0v) is 15.9. The Kier molecular flexibility index (Phi) is 7.33. The molecule has 1 atom stereocenters. The normalized spacial score (nSPS) is 11.7. The summed E-state index contributed by atoms with van der Waals surface area (Å²) in [4.78, 5) is 16.8. The van der Waals surface area contributed by atoms with E-state index in [9.17, 15) is 4.79 Å². The summed E-state index contributed by atoms with van der Waals surface area (Å²) in [7, 11) is 0. The Morgan fingerprint density at radius 3 is 2.77 bits per heavy atom. The highest BCUT2D eigenvalue weighted by Gasteiger charge is 2.16. The second kappa shape index (κ2) is 9.70. The van der Waals surface area contributed by atoms with E-state index in [0.717, 1.165) is 24.2 Å². The third kappa shape index (κ3) is 5.69. The molecule has 0 saturated heterocycles. The number of urea groups is 1. The Bertz CT molecular complexity index is 758. The van der Waals surface area contributed by atoms with Gasteiger partial charge in [0.15, 0.2) is 0 Å². The number of amides is 2. The molecule has 0 spiro atoms. The molecule has 1 N–H and O–H groups in total. The standard InChI is InChI=1S/C21H27N3O2/c1-5-16(3)26-20-12-8-10-18(23-20)13-14-22-21(25)24(4)19-11-7-9-17(6-2)15-19/h7-12,15-16H,4-6,13-14H2,1-3H3/p+1. The minimum absolute atomic E-state index is 0.135. The summed E-state index contributed by atoms with van der Waals surface area (Å²) in [5.41, 5.74) is 2.84. The number of aromatic nitrogens is 1. The van der Waals surface area contributed by atoms with E-state index in [2.05, 4.69) is 30.9 Å². The number of hydrogen-bond donors (Lipinski definition) is 1. The van der Waals surface area contributed by atoms with Gasteiger partial charge in [0.1, 0.15) is 5.69 Å². The second-order valence-corrected chi connectivity index (χ2v) is 6.24. The molecule has 0 aliphatic heterocycles. The predicted octanol–water partition coefficient (Wildman–Crippen LogP) is 4.12. The Balaban J connectivity index is 1.87. The van der Waals surface area contributed by atoms with E-state index in [1.165, 1.54) is 10.1 Å². The lowest BCUT2D eigenvalue weighted by Gasteiger charge is -2.12. The van der Waals surface area contributed by atoms with Crippen LogP contribution in [0, 0.1) is 0 Å². The molecule has 1 aromatic carbocycles. The summed E-state index contributed by atoms with van der Waals surface area (Å²) in [5, 5.41) is 2.88. The molecular formula is C21H28N3O2+. The number of nitrogens with one attached hydrogen (secondary N) is 1. The molecule has 1 heterocycles.